The van der Waals surface area contributed by atoms with Crippen molar-refractivity contribution in [3.63, 3.8) is 0 Å². The van der Waals surface area contributed by atoms with Crippen molar-refractivity contribution in [1.29, 1.82) is 0 Å². The lowest BCUT2D eigenvalue weighted by Crippen LogP contribution is -2.45. The molecule has 102 valence electrons. The lowest BCUT2D eigenvalue weighted by atomic mass is 10.1. The third-order valence-corrected chi connectivity index (χ3v) is 2.91. The third-order valence-electron chi connectivity index (χ3n) is 2.60. The zero-order valence-corrected chi connectivity index (χ0v) is 10.8. The lowest BCUT2D eigenvalue weighted by molar-refractivity contribution is -0.137. The largest absolute Gasteiger partial charge is 0.492 e. The Morgan fingerprint density at radius 2 is 2.00 bits per heavy atom. The number of hydrogen-bond donors (Lipinski definition) is 1. The van der Waals surface area contributed by atoms with E-state index in [2.05, 4.69) is 5.32 Å². The summed E-state index contributed by atoms with van der Waals surface area (Å²) in [5.41, 5.74) is -0.747. The van der Waals surface area contributed by atoms with E-state index in [0.29, 0.717) is 12.5 Å². The quantitative estimate of drug-likeness (QED) is 0.924. The maximum absolute atomic E-state index is 12.5. The lowest BCUT2D eigenvalue weighted by Gasteiger charge is -2.27. The van der Waals surface area contributed by atoms with Crippen LogP contribution in [0.2, 0.25) is 5.02 Å². The van der Waals surface area contributed by atoms with Gasteiger partial charge in [0.25, 0.3) is 0 Å². The van der Waals surface area contributed by atoms with Crippen LogP contribution in [0.3, 0.4) is 0 Å². The molecule has 1 N–H and O–H groups in total. The molecule has 0 amide bonds. The summed E-state index contributed by atoms with van der Waals surface area (Å²) in [5, 5.41) is 3.25. The van der Waals surface area contributed by atoms with Gasteiger partial charge >= 0.3 is 6.18 Å². The SMILES string of the molecule is Cl.FC(F)(F)c1ccc(Cl)c(OCC2CNC2)c1. The molecule has 1 fully saturated rings. The van der Waals surface area contributed by atoms with E-state index in [1.54, 1.807) is 0 Å². The monoisotopic (exact) mass is 301 g/mol. The van der Waals surface area contributed by atoms with Crippen molar-refractivity contribution in [2.24, 2.45) is 5.92 Å². The van der Waals surface area contributed by atoms with Crippen LogP contribution >= 0.6 is 24.0 Å². The highest BCUT2D eigenvalue weighted by molar-refractivity contribution is 6.32. The molecule has 1 heterocycles. The molecule has 1 aliphatic rings. The van der Waals surface area contributed by atoms with E-state index in [1.165, 1.54) is 6.07 Å². The molecule has 0 atom stereocenters. The molecule has 0 saturated carbocycles. The fraction of sp³-hybridized carbons (Fsp3) is 0.455. The Balaban J connectivity index is 0.00000162. The van der Waals surface area contributed by atoms with Gasteiger partial charge in [0.1, 0.15) is 5.75 Å². The van der Waals surface area contributed by atoms with Crippen LogP contribution in [0.5, 0.6) is 5.75 Å². The van der Waals surface area contributed by atoms with Crippen LogP contribution in [0.4, 0.5) is 13.2 Å². The molecule has 7 heteroatoms. The van der Waals surface area contributed by atoms with Gasteiger partial charge in [0.2, 0.25) is 0 Å². The highest BCUT2D eigenvalue weighted by Crippen LogP contribution is 2.35. The van der Waals surface area contributed by atoms with Crippen LogP contribution in [0.1, 0.15) is 5.56 Å². The summed E-state index contributed by atoms with van der Waals surface area (Å²) in [6.07, 6.45) is -4.37. The van der Waals surface area contributed by atoms with Crippen molar-refractivity contribution < 1.29 is 17.9 Å². The summed E-state index contributed by atoms with van der Waals surface area (Å²) in [4.78, 5) is 0. The highest BCUT2D eigenvalue weighted by atomic mass is 35.5. The van der Waals surface area contributed by atoms with Crippen LogP contribution in [0, 0.1) is 5.92 Å². The topological polar surface area (TPSA) is 21.3 Å². The van der Waals surface area contributed by atoms with E-state index >= 15 is 0 Å². The first-order valence-corrected chi connectivity index (χ1v) is 5.55. The van der Waals surface area contributed by atoms with Crippen molar-refractivity contribution in [3.05, 3.63) is 28.8 Å². The molecule has 0 spiro atoms. The maximum atomic E-state index is 12.5. The van der Waals surface area contributed by atoms with Crippen LogP contribution in [0.15, 0.2) is 18.2 Å². The number of halogens is 5. The Morgan fingerprint density at radius 1 is 1.33 bits per heavy atom. The highest BCUT2D eigenvalue weighted by Gasteiger charge is 2.31. The Labute approximate surface area is 114 Å². The van der Waals surface area contributed by atoms with E-state index in [1.807, 2.05) is 0 Å². The molecule has 1 saturated heterocycles. The van der Waals surface area contributed by atoms with Gasteiger partial charge in [-0.15, -0.1) is 12.4 Å². The number of alkyl halides is 3. The van der Waals surface area contributed by atoms with E-state index in [9.17, 15) is 13.2 Å². The van der Waals surface area contributed by atoms with Crippen molar-refractivity contribution in [3.8, 4) is 5.75 Å². The molecule has 0 aliphatic carbocycles. The fourth-order valence-corrected chi connectivity index (χ4v) is 1.64. The van der Waals surface area contributed by atoms with Gasteiger partial charge in [-0.1, -0.05) is 11.6 Å². The van der Waals surface area contributed by atoms with Crippen molar-refractivity contribution in [2.45, 2.75) is 6.18 Å². The standard InChI is InChI=1S/C11H11ClF3NO.ClH/c12-9-2-1-8(11(13,14)15)3-10(9)17-6-7-4-16-5-7;/h1-3,7,16H,4-6H2;1H. The molecule has 1 aromatic carbocycles. The Bertz CT molecular complexity index is 408. The molecule has 1 aromatic rings. The summed E-state index contributed by atoms with van der Waals surface area (Å²) in [6.45, 7) is 2.04. The summed E-state index contributed by atoms with van der Waals surface area (Å²) >= 11 is 5.78. The predicted octanol–water partition coefficient (Wildman–Crippen LogP) is 3.38. The summed E-state index contributed by atoms with van der Waals surface area (Å²) < 4.78 is 42.7. The smallest absolute Gasteiger partial charge is 0.416 e. The van der Waals surface area contributed by atoms with Gasteiger partial charge in [-0.3, -0.25) is 0 Å². The average molecular weight is 302 g/mol. The second-order valence-corrected chi connectivity index (χ2v) is 4.39. The molecule has 2 rings (SSSR count). The number of ether oxygens (including phenoxy) is 1. The van der Waals surface area contributed by atoms with Gasteiger partial charge in [0.15, 0.2) is 0 Å². The summed E-state index contributed by atoms with van der Waals surface area (Å²) in [5.74, 6) is 0.439. The second-order valence-electron chi connectivity index (χ2n) is 3.98. The first-order chi connectivity index (χ1) is 7.97. The molecule has 0 aromatic heterocycles. The number of nitrogens with one attached hydrogen (secondary N) is 1. The fourth-order valence-electron chi connectivity index (χ4n) is 1.46. The van der Waals surface area contributed by atoms with Gasteiger partial charge in [0, 0.05) is 19.0 Å². The van der Waals surface area contributed by atoms with Crippen LogP contribution in [-0.2, 0) is 6.18 Å². The van der Waals surface area contributed by atoms with Gasteiger partial charge in [-0.05, 0) is 18.2 Å². The molecule has 0 radical (unpaired) electrons. The molecule has 0 bridgehead atoms. The van der Waals surface area contributed by atoms with E-state index in [-0.39, 0.29) is 23.2 Å². The van der Waals surface area contributed by atoms with Crippen molar-refractivity contribution in [1.82, 2.24) is 5.32 Å². The minimum atomic E-state index is -4.37. The first kappa shape index (κ1) is 15.4. The van der Waals surface area contributed by atoms with E-state index < -0.39 is 11.7 Å². The van der Waals surface area contributed by atoms with Gasteiger partial charge in [0.05, 0.1) is 17.2 Å². The zero-order valence-electron chi connectivity index (χ0n) is 9.26. The Morgan fingerprint density at radius 3 is 2.50 bits per heavy atom. The van der Waals surface area contributed by atoms with Crippen LogP contribution in [0.25, 0.3) is 0 Å². The molecule has 2 nitrogen and oxygen atoms in total. The third kappa shape index (κ3) is 3.67. The van der Waals surface area contributed by atoms with Gasteiger partial charge < -0.3 is 10.1 Å². The number of rotatable bonds is 3. The molecule has 1 aliphatic heterocycles. The van der Waals surface area contributed by atoms with E-state index in [0.717, 1.165) is 25.2 Å². The van der Waals surface area contributed by atoms with Crippen LogP contribution in [-0.4, -0.2) is 19.7 Å². The maximum Gasteiger partial charge on any atom is 0.416 e. The van der Waals surface area contributed by atoms with Gasteiger partial charge in [-0.2, -0.15) is 13.2 Å². The number of hydrogen-bond acceptors (Lipinski definition) is 2. The van der Waals surface area contributed by atoms with Crippen molar-refractivity contribution >= 4 is 24.0 Å². The van der Waals surface area contributed by atoms with Crippen molar-refractivity contribution in [2.75, 3.05) is 19.7 Å². The Kier molecular flexibility index (Phi) is 5.13. The predicted molar refractivity (Wildman–Crippen MR) is 65.6 cm³/mol. The Hall–Kier alpha value is -0.650. The zero-order chi connectivity index (χ0) is 12.5. The van der Waals surface area contributed by atoms with Crippen LogP contribution < -0.4 is 10.1 Å². The summed E-state index contributed by atoms with van der Waals surface area (Å²) in [7, 11) is 0. The molecular weight excluding hydrogens is 290 g/mol. The molecule has 0 unspecified atom stereocenters. The first-order valence-electron chi connectivity index (χ1n) is 5.17. The second kappa shape index (κ2) is 5.99. The molecule has 18 heavy (non-hydrogen) atoms. The number of benzene rings is 1. The summed E-state index contributed by atoms with van der Waals surface area (Å²) in [6, 6.07) is 3.09. The van der Waals surface area contributed by atoms with Gasteiger partial charge in [-0.25, -0.2) is 0 Å². The van der Waals surface area contributed by atoms with E-state index in [4.69, 9.17) is 16.3 Å². The minimum absolute atomic E-state index is 0. The minimum Gasteiger partial charge on any atom is -0.492 e. The normalized spacial score (nSPS) is 15.8. The molecular formula is C11H12Cl2F3NO. The average Bonchev–Trinajstić information content (AvgIpc) is 2.16.